The molecule has 0 atom stereocenters. The average Bonchev–Trinajstić information content (AvgIpc) is 3.19. The summed E-state index contributed by atoms with van der Waals surface area (Å²) in [7, 11) is 0. The number of amides is 1. The molecule has 9 heteroatoms. The van der Waals surface area contributed by atoms with Gasteiger partial charge in [0.1, 0.15) is 0 Å². The van der Waals surface area contributed by atoms with Crippen molar-refractivity contribution >= 4 is 5.91 Å². The Labute approximate surface area is 173 Å². The molecule has 0 bridgehead atoms. The summed E-state index contributed by atoms with van der Waals surface area (Å²) in [5, 5.41) is 14.5. The summed E-state index contributed by atoms with van der Waals surface area (Å²) in [4.78, 5) is 25.8. The Kier molecular flexibility index (Phi) is 5.25. The van der Waals surface area contributed by atoms with Gasteiger partial charge in [0.25, 0.3) is 5.91 Å². The van der Waals surface area contributed by atoms with Crippen molar-refractivity contribution in [2.45, 2.75) is 27.3 Å². The van der Waals surface area contributed by atoms with Crippen LogP contribution < -0.4 is 5.32 Å². The number of hydrogen-bond donors (Lipinski definition) is 1. The maximum absolute atomic E-state index is 12.9. The van der Waals surface area contributed by atoms with Crippen molar-refractivity contribution in [3.05, 3.63) is 77.3 Å². The monoisotopic (exact) mass is 400 g/mol. The van der Waals surface area contributed by atoms with Gasteiger partial charge in [0.15, 0.2) is 5.82 Å². The molecule has 0 unspecified atom stereocenters. The molecule has 1 amide bonds. The van der Waals surface area contributed by atoms with Crippen LogP contribution in [0.15, 0.2) is 48.9 Å². The Morgan fingerprint density at radius 2 is 1.87 bits per heavy atom. The molecule has 150 valence electrons. The fourth-order valence-electron chi connectivity index (χ4n) is 2.90. The summed E-state index contributed by atoms with van der Waals surface area (Å²) in [6.45, 7) is 5.91. The third-order valence-corrected chi connectivity index (χ3v) is 4.52. The highest BCUT2D eigenvalue weighted by molar-refractivity contribution is 5.96. The fraction of sp³-hybridized carbons (Fsp3) is 0.190. The predicted molar refractivity (Wildman–Crippen MR) is 110 cm³/mol. The normalized spacial score (nSPS) is 10.8. The molecular weight excluding hydrogens is 380 g/mol. The van der Waals surface area contributed by atoms with Crippen molar-refractivity contribution in [2.24, 2.45) is 0 Å². The number of pyridine rings is 1. The number of nitrogens with zero attached hydrogens (tertiary/aromatic N) is 7. The average molecular weight is 400 g/mol. The highest BCUT2D eigenvalue weighted by Gasteiger charge is 2.14. The molecule has 4 rings (SSSR count). The van der Waals surface area contributed by atoms with E-state index in [0.717, 1.165) is 22.5 Å². The van der Waals surface area contributed by atoms with Gasteiger partial charge in [0.05, 0.1) is 35.5 Å². The van der Waals surface area contributed by atoms with Crippen LogP contribution in [0, 0.1) is 20.8 Å². The first-order valence-corrected chi connectivity index (χ1v) is 9.39. The Hall–Kier alpha value is -4.01. The van der Waals surface area contributed by atoms with Gasteiger partial charge < -0.3 is 5.32 Å². The van der Waals surface area contributed by atoms with Gasteiger partial charge in [-0.3, -0.25) is 19.7 Å². The van der Waals surface area contributed by atoms with Crippen LogP contribution in [-0.4, -0.2) is 41.1 Å². The number of aryl methyl sites for hydroxylation is 3. The topological polar surface area (TPSA) is 111 Å². The molecule has 1 aromatic carbocycles. The van der Waals surface area contributed by atoms with Crippen LogP contribution in [0.5, 0.6) is 0 Å². The predicted octanol–water partition coefficient (Wildman–Crippen LogP) is 2.37. The van der Waals surface area contributed by atoms with Gasteiger partial charge in [0.2, 0.25) is 0 Å². The van der Waals surface area contributed by atoms with Gasteiger partial charge >= 0.3 is 0 Å². The van der Waals surface area contributed by atoms with E-state index >= 15 is 0 Å². The molecule has 0 saturated heterocycles. The number of aromatic nitrogens is 7. The maximum Gasteiger partial charge on any atom is 0.251 e. The van der Waals surface area contributed by atoms with Crippen LogP contribution in [0.2, 0.25) is 0 Å². The molecule has 0 spiro atoms. The summed E-state index contributed by atoms with van der Waals surface area (Å²) < 4.78 is 1.58. The number of nitrogens with one attached hydrogen (secondary N) is 1. The lowest BCUT2D eigenvalue weighted by Crippen LogP contribution is -2.23. The minimum atomic E-state index is -0.238. The first kappa shape index (κ1) is 19.3. The van der Waals surface area contributed by atoms with E-state index in [2.05, 4.69) is 35.8 Å². The van der Waals surface area contributed by atoms with E-state index in [1.807, 2.05) is 32.0 Å². The minimum Gasteiger partial charge on any atom is -0.346 e. The number of hydrogen-bond acceptors (Lipinski definition) is 7. The van der Waals surface area contributed by atoms with Crippen LogP contribution in [0.4, 0.5) is 0 Å². The maximum atomic E-state index is 12.9. The molecule has 0 saturated carbocycles. The number of benzene rings is 1. The molecule has 3 aromatic heterocycles. The standard InChI is InChI=1S/C21H20N8O/c1-13-4-5-20(24-9-13)16-6-17(8-19(7-16)29-15(3)26-27-28-29)21(30)25-12-18-11-22-14(2)10-23-18/h4-11H,12H2,1-3H3,(H,25,30). The van der Waals surface area contributed by atoms with E-state index in [-0.39, 0.29) is 12.5 Å². The van der Waals surface area contributed by atoms with E-state index < -0.39 is 0 Å². The summed E-state index contributed by atoms with van der Waals surface area (Å²) >= 11 is 0. The molecule has 3 heterocycles. The molecule has 0 radical (unpaired) electrons. The quantitative estimate of drug-likeness (QED) is 0.547. The van der Waals surface area contributed by atoms with Crippen molar-refractivity contribution in [3.63, 3.8) is 0 Å². The highest BCUT2D eigenvalue weighted by Crippen LogP contribution is 2.23. The van der Waals surface area contributed by atoms with Gasteiger partial charge in [-0.2, -0.15) is 4.68 Å². The van der Waals surface area contributed by atoms with Gasteiger partial charge in [0, 0.05) is 23.5 Å². The number of carbonyl (C=O) groups is 1. The second kappa shape index (κ2) is 8.16. The Morgan fingerprint density at radius 3 is 2.53 bits per heavy atom. The molecule has 0 aliphatic rings. The van der Waals surface area contributed by atoms with Crippen LogP contribution in [0.3, 0.4) is 0 Å². The van der Waals surface area contributed by atoms with E-state index in [4.69, 9.17) is 0 Å². The molecule has 0 fully saturated rings. The lowest BCUT2D eigenvalue weighted by atomic mass is 10.0. The molecule has 9 nitrogen and oxygen atoms in total. The first-order valence-electron chi connectivity index (χ1n) is 9.39. The molecule has 0 aliphatic carbocycles. The van der Waals surface area contributed by atoms with Crippen LogP contribution in [-0.2, 0) is 6.54 Å². The van der Waals surface area contributed by atoms with E-state index in [9.17, 15) is 4.79 Å². The summed E-state index contributed by atoms with van der Waals surface area (Å²) in [5.41, 5.74) is 5.27. The summed E-state index contributed by atoms with van der Waals surface area (Å²) in [6, 6.07) is 9.36. The summed E-state index contributed by atoms with van der Waals surface area (Å²) in [5.74, 6) is 0.378. The number of rotatable bonds is 5. The Bertz CT molecular complexity index is 1180. The first-order chi connectivity index (χ1) is 14.5. The molecule has 4 aromatic rings. The second-order valence-electron chi connectivity index (χ2n) is 6.96. The molecule has 0 aliphatic heterocycles. The molecular formula is C21H20N8O. The minimum absolute atomic E-state index is 0.238. The fourth-order valence-corrected chi connectivity index (χ4v) is 2.90. The van der Waals surface area contributed by atoms with Gasteiger partial charge in [-0.15, -0.1) is 5.10 Å². The lowest BCUT2D eigenvalue weighted by molar-refractivity contribution is 0.0950. The molecule has 1 N–H and O–H groups in total. The molecule has 30 heavy (non-hydrogen) atoms. The van der Waals surface area contributed by atoms with Crippen molar-refractivity contribution < 1.29 is 4.79 Å². The smallest absolute Gasteiger partial charge is 0.251 e. The van der Waals surface area contributed by atoms with Gasteiger partial charge in [-0.25, -0.2) is 0 Å². The van der Waals surface area contributed by atoms with Crippen molar-refractivity contribution in [3.8, 4) is 16.9 Å². The van der Waals surface area contributed by atoms with Gasteiger partial charge in [-0.05, 0) is 61.0 Å². The van der Waals surface area contributed by atoms with Crippen molar-refractivity contribution in [2.75, 3.05) is 0 Å². The Balaban J connectivity index is 1.68. The van der Waals surface area contributed by atoms with Crippen molar-refractivity contribution in [1.82, 2.24) is 40.5 Å². The summed E-state index contributed by atoms with van der Waals surface area (Å²) in [6.07, 6.45) is 5.11. The Morgan fingerprint density at radius 1 is 1.00 bits per heavy atom. The van der Waals surface area contributed by atoms with Crippen LogP contribution in [0.25, 0.3) is 16.9 Å². The van der Waals surface area contributed by atoms with Crippen LogP contribution >= 0.6 is 0 Å². The second-order valence-corrected chi connectivity index (χ2v) is 6.96. The van der Waals surface area contributed by atoms with Crippen molar-refractivity contribution in [1.29, 1.82) is 0 Å². The zero-order valence-corrected chi connectivity index (χ0v) is 16.9. The van der Waals surface area contributed by atoms with E-state index in [1.54, 1.807) is 42.3 Å². The van der Waals surface area contributed by atoms with E-state index in [0.29, 0.717) is 22.8 Å². The third kappa shape index (κ3) is 4.19. The zero-order valence-electron chi connectivity index (χ0n) is 16.9. The third-order valence-electron chi connectivity index (χ3n) is 4.52. The SMILES string of the molecule is Cc1ccc(-c2cc(C(=O)NCc3cnc(C)cn3)cc(-n3nnnc3C)c2)nc1. The lowest BCUT2D eigenvalue weighted by Gasteiger charge is -2.11. The highest BCUT2D eigenvalue weighted by atomic mass is 16.1. The number of tetrazole rings is 1. The number of carbonyl (C=O) groups excluding carboxylic acids is 1. The zero-order chi connectivity index (χ0) is 21.1. The van der Waals surface area contributed by atoms with Crippen LogP contribution in [0.1, 0.15) is 33.1 Å². The van der Waals surface area contributed by atoms with E-state index in [1.165, 1.54) is 0 Å². The largest absolute Gasteiger partial charge is 0.346 e. The van der Waals surface area contributed by atoms with Gasteiger partial charge in [-0.1, -0.05) is 6.07 Å².